The number of nitrogens with zero attached hydrogens (tertiary/aromatic N) is 2. The van der Waals surface area contributed by atoms with Crippen molar-refractivity contribution in [3.8, 4) is 17.0 Å². The summed E-state index contributed by atoms with van der Waals surface area (Å²) in [5.74, 6) is -0.0237. The molecule has 0 aliphatic heterocycles. The number of anilines is 2. The number of nitrogen functional groups attached to an aromatic ring is 1. The lowest BCUT2D eigenvalue weighted by atomic mass is 10.1. The lowest BCUT2D eigenvalue weighted by Gasteiger charge is -2.10. The number of nitrogens with one attached hydrogen (secondary N) is 1. The number of aromatic nitrogens is 2. The molecule has 3 rings (SSSR count). The molecule has 1 heterocycles. The smallest absolute Gasteiger partial charge is 0.222 e. The second-order valence-electron chi connectivity index (χ2n) is 5.32. The Morgan fingerprint density at radius 1 is 1.08 bits per heavy atom. The fourth-order valence-corrected chi connectivity index (χ4v) is 2.34. The largest absolute Gasteiger partial charge is 0.497 e. The summed E-state index contributed by atoms with van der Waals surface area (Å²) in [6.45, 7) is 0.139. The minimum Gasteiger partial charge on any atom is -0.497 e. The number of hydrogen-bond donors (Lipinski definition) is 2. The van der Waals surface area contributed by atoms with Gasteiger partial charge in [-0.05, 0) is 18.2 Å². The van der Waals surface area contributed by atoms with Crippen LogP contribution in [0, 0.1) is 11.6 Å². The topological polar surface area (TPSA) is 73.1 Å². The van der Waals surface area contributed by atoms with Crippen molar-refractivity contribution in [2.24, 2.45) is 0 Å². The van der Waals surface area contributed by atoms with Gasteiger partial charge in [0.2, 0.25) is 5.95 Å². The number of nitrogens with two attached hydrogens (primary N) is 1. The normalized spacial score (nSPS) is 10.5. The van der Waals surface area contributed by atoms with E-state index >= 15 is 0 Å². The molecule has 0 aliphatic carbocycles. The molecule has 128 valence electrons. The van der Waals surface area contributed by atoms with E-state index in [-0.39, 0.29) is 12.5 Å². The Kier molecular flexibility index (Phi) is 4.74. The van der Waals surface area contributed by atoms with E-state index in [1.807, 2.05) is 24.3 Å². The molecule has 2 aromatic carbocycles. The molecule has 0 amide bonds. The van der Waals surface area contributed by atoms with Crippen LogP contribution in [-0.2, 0) is 6.54 Å². The lowest BCUT2D eigenvalue weighted by molar-refractivity contribution is 0.415. The number of benzene rings is 2. The molecule has 1 aromatic heterocycles. The predicted octanol–water partition coefficient (Wildman–Crippen LogP) is 3.62. The summed E-state index contributed by atoms with van der Waals surface area (Å²) in [6, 6.07) is 12.5. The fraction of sp³-hybridized carbons (Fsp3) is 0.111. The van der Waals surface area contributed by atoms with Gasteiger partial charge in [-0.15, -0.1) is 0 Å². The molecule has 0 saturated heterocycles. The Bertz CT molecular complexity index is 902. The van der Waals surface area contributed by atoms with Gasteiger partial charge in [-0.2, -0.15) is 4.98 Å². The van der Waals surface area contributed by atoms with Gasteiger partial charge in [0.15, 0.2) is 0 Å². The minimum absolute atomic E-state index is 0.0856. The van der Waals surface area contributed by atoms with Crippen LogP contribution in [-0.4, -0.2) is 17.1 Å². The summed E-state index contributed by atoms with van der Waals surface area (Å²) in [5, 5.41) is 2.98. The van der Waals surface area contributed by atoms with E-state index in [1.54, 1.807) is 13.2 Å². The van der Waals surface area contributed by atoms with Gasteiger partial charge in [0.1, 0.15) is 23.2 Å². The Morgan fingerprint density at radius 2 is 1.92 bits per heavy atom. The highest BCUT2D eigenvalue weighted by atomic mass is 19.1. The average Bonchev–Trinajstić information content (AvgIpc) is 2.60. The number of hydrogen-bond acceptors (Lipinski definition) is 5. The quantitative estimate of drug-likeness (QED) is 0.741. The molecule has 0 unspecified atom stereocenters. The molecule has 0 radical (unpaired) electrons. The van der Waals surface area contributed by atoms with Crippen LogP contribution in [0.5, 0.6) is 5.75 Å². The van der Waals surface area contributed by atoms with Crippen LogP contribution in [0.3, 0.4) is 0 Å². The molecule has 3 N–H and O–H groups in total. The van der Waals surface area contributed by atoms with Gasteiger partial charge in [-0.25, -0.2) is 13.8 Å². The first-order chi connectivity index (χ1) is 12.0. The highest BCUT2D eigenvalue weighted by Crippen LogP contribution is 2.24. The van der Waals surface area contributed by atoms with E-state index in [0.717, 1.165) is 11.6 Å². The van der Waals surface area contributed by atoms with Gasteiger partial charge < -0.3 is 15.8 Å². The third-order valence-electron chi connectivity index (χ3n) is 3.58. The second-order valence-corrected chi connectivity index (χ2v) is 5.32. The molecule has 0 atom stereocenters. The van der Waals surface area contributed by atoms with Crippen LogP contribution in [0.4, 0.5) is 20.5 Å². The summed E-state index contributed by atoms with van der Waals surface area (Å²) in [7, 11) is 1.58. The van der Waals surface area contributed by atoms with Crippen molar-refractivity contribution < 1.29 is 13.5 Å². The van der Waals surface area contributed by atoms with Gasteiger partial charge in [-0.3, -0.25) is 0 Å². The van der Waals surface area contributed by atoms with Crippen LogP contribution < -0.4 is 15.8 Å². The van der Waals surface area contributed by atoms with Crippen LogP contribution >= 0.6 is 0 Å². The molecule has 0 saturated carbocycles. The molecule has 0 aliphatic rings. The number of rotatable bonds is 5. The van der Waals surface area contributed by atoms with Gasteiger partial charge in [0, 0.05) is 29.8 Å². The van der Waals surface area contributed by atoms with Crippen LogP contribution in [0.15, 0.2) is 48.5 Å². The Balaban J connectivity index is 1.84. The Hall–Kier alpha value is -3.22. The molecule has 25 heavy (non-hydrogen) atoms. The van der Waals surface area contributed by atoms with Crippen molar-refractivity contribution in [1.29, 1.82) is 0 Å². The zero-order valence-corrected chi connectivity index (χ0v) is 13.5. The van der Waals surface area contributed by atoms with E-state index in [4.69, 9.17) is 10.5 Å². The molecular formula is C18H16F2N4O. The van der Waals surface area contributed by atoms with Crippen molar-refractivity contribution in [1.82, 2.24) is 9.97 Å². The van der Waals surface area contributed by atoms with Gasteiger partial charge in [0.05, 0.1) is 12.8 Å². The molecular weight excluding hydrogens is 326 g/mol. The molecule has 5 nitrogen and oxygen atoms in total. The fourth-order valence-electron chi connectivity index (χ4n) is 2.34. The standard InChI is InChI=1S/C18H16F2N4O/c1-25-14-4-2-3-11(7-14)16-9-17(24-18(21)23-16)22-10-12-5-6-13(19)8-15(12)20/h2-9H,10H2,1H3,(H3,21,22,23,24). The highest BCUT2D eigenvalue weighted by molar-refractivity contribution is 5.65. The molecule has 7 heteroatoms. The van der Waals surface area contributed by atoms with E-state index in [2.05, 4.69) is 15.3 Å². The van der Waals surface area contributed by atoms with E-state index < -0.39 is 11.6 Å². The second kappa shape index (κ2) is 7.12. The molecule has 3 aromatic rings. The van der Waals surface area contributed by atoms with Gasteiger partial charge in [0.25, 0.3) is 0 Å². The molecule has 0 bridgehead atoms. The third-order valence-corrected chi connectivity index (χ3v) is 3.58. The Morgan fingerprint density at radius 3 is 2.68 bits per heavy atom. The number of methoxy groups -OCH3 is 1. The molecule has 0 spiro atoms. The van der Waals surface area contributed by atoms with E-state index in [0.29, 0.717) is 22.8 Å². The van der Waals surface area contributed by atoms with E-state index in [1.165, 1.54) is 12.1 Å². The summed E-state index contributed by atoms with van der Waals surface area (Å²) >= 11 is 0. The van der Waals surface area contributed by atoms with Crippen LogP contribution in [0.2, 0.25) is 0 Å². The maximum atomic E-state index is 13.7. The number of halogens is 2. The monoisotopic (exact) mass is 342 g/mol. The van der Waals surface area contributed by atoms with Crippen LogP contribution in [0.1, 0.15) is 5.56 Å². The summed E-state index contributed by atoms with van der Waals surface area (Å²) < 4.78 is 31.9. The summed E-state index contributed by atoms with van der Waals surface area (Å²) in [5.41, 5.74) is 7.50. The minimum atomic E-state index is -0.623. The van der Waals surface area contributed by atoms with Crippen LogP contribution in [0.25, 0.3) is 11.3 Å². The Labute approximate surface area is 143 Å². The molecule has 0 fully saturated rings. The third kappa shape index (κ3) is 4.00. The summed E-state index contributed by atoms with van der Waals surface area (Å²) in [6.07, 6.45) is 0. The first-order valence-electron chi connectivity index (χ1n) is 7.52. The van der Waals surface area contributed by atoms with Crippen molar-refractivity contribution in [2.75, 3.05) is 18.2 Å². The van der Waals surface area contributed by atoms with Gasteiger partial charge >= 0.3 is 0 Å². The SMILES string of the molecule is COc1cccc(-c2cc(NCc3ccc(F)cc3F)nc(N)n2)c1. The van der Waals surface area contributed by atoms with Crippen molar-refractivity contribution in [2.45, 2.75) is 6.54 Å². The van der Waals surface area contributed by atoms with Gasteiger partial charge in [-0.1, -0.05) is 18.2 Å². The average molecular weight is 342 g/mol. The zero-order valence-electron chi connectivity index (χ0n) is 13.5. The maximum Gasteiger partial charge on any atom is 0.222 e. The predicted molar refractivity (Wildman–Crippen MR) is 92.1 cm³/mol. The maximum absolute atomic E-state index is 13.7. The van der Waals surface area contributed by atoms with Crippen molar-refractivity contribution in [3.63, 3.8) is 0 Å². The van der Waals surface area contributed by atoms with Crippen molar-refractivity contribution >= 4 is 11.8 Å². The summed E-state index contributed by atoms with van der Waals surface area (Å²) in [4.78, 5) is 8.30. The zero-order chi connectivity index (χ0) is 17.8. The lowest BCUT2D eigenvalue weighted by Crippen LogP contribution is -2.06. The first kappa shape index (κ1) is 16.6. The first-order valence-corrected chi connectivity index (χ1v) is 7.52. The van der Waals surface area contributed by atoms with Crippen molar-refractivity contribution in [3.05, 3.63) is 65.7 Å². The number of ether oxygens (including phenoxy) is 1. The highest BCUT2D eigenvalue weighted by Gasteiger charge is 2.08. The van der Waals surface area contributed by atoms with E-state index in [9.17, 15) is 8.78 Å².